The minimum atomic E-state index is -0.708. The van der Waals surface area contributed by atoms with Crippen LogP contribution in [0, 0.1) is 4.91 Å². The van der Waals surface area contributed by atoms with Crippen LogP contribution in [0.1, 0.15) is 0 Å². The summed E-state index contributed by atoms with van der Waals surface area (Å²) < 4.78 is 10.3. The molecule has 8 nitrogen and oxygen atoms in total. The second-order valence-corrected chi connectivity index (χ2v) is 3.81. The molecule has 0 fully saturated rings. The molecule has 0 radical (unpaired) electrons. The Morgan fingerprint density at radius 3 is 2.60 bits per heavy atom. The van der Waals surface area contributed by atoms with E-state index in [1.165, 1.54) is 14.2 Å². The summed E-state index contributed by atoms with van der Waals surface area (Å²) >= 11 is 0. The van der Waals surface area contributed by atoms with E-state index in [1.807, 2.05) is 0 Å². The molecule has 0 aliphatic heterocycles. The maximum Gasteiger partial charge on any atom is 0.282 e. The van der Waals surface area contributed by atoms with Crippen molar-refractivity contribution < 1.29 is 9.47 Å². The van der Waals surface area contributed by atoms with Gasteiger partial charge in [-0.2, -0.15) is 0 Å². The Kier molecular flexibility index (Phi) is 3.65. The van der Waals surface area contributed by atoms with E-state index in [2.05, 4.69) is 15.1 Å². The Morgan fingerprint density at radius 1 is 1.30 bits per heavy atom. The fourth-order valence-corrected chi connectivity index (χ4v) is 1.69. The van der Waals surface area contributed by atoms with Crippen LogP contribution >= 0.6 is 0 Å². The lowest BCUT2D eigenvalue weighted by atomic mass is 10.1. The summed E-state index contributed by atoms with van der Waals surface area (Å²) in [5.74, 6) is 0.974. The van der Waals surface area contributed by atoms with Crippen molar-refractivity contribution in [2.75, 3.05) is 20.0 Å². The standard InChI is InChI=1S/C12H12N4O4/c1-19-6-3-4-7(8(5-6)20-2)11-14-10(13)9(16-18)12(17)15-11/h3-5H,1-2H3,(H3,13,14,15,17). The zero-order valence-corrected chi connectivity index (χ0v) is 10.8. The molecule has 2 aromatic rings. The summed E-state index contributed by atoms with van der Waals surface area (Å²) in [6.07, 6.45) is 0. The zero-order chi connectivity index (χ0) is 14.7. The highest BCUT2D eigenvalue weighted by atomic mass is 16.5. The van der Waals surface area contributed by atoms with Crippen LogP contribution in [0.5, 0.6) is 11.5 Å². The second kappa shape index (κ2) is 5.39. The summed E-state index contributed by atoms with van der Waals surface area (Å²) in [5, 5.41) is 2.54. The molecule has 1 heterocycles. The molecule has 3 N–H and O–H groups in total. The van der Waals surface area contributed by atoms with E-state index >= 15 is 0 Å². The molecule has 1 aromatic carbocycles. The van der Waals surface area contributed by atoms with Gasteiger partial charge in [0.05, 0.1) is 19.8 Å². The molecular formula is C12H12N4O4. The first-order valence-corrected chi connectivity index (χ1v) is 5.56. The SMILES string of the molecule is COc1ccc(-c2nc(N)c(N=O)c(=O)[nH]2)c(OC)c1. The van der Waals surface area contributed by atoms with Gasteiger partial charge in [-0.15, -0.1) is 4.91 Å². The first kappa shape index (κ1) is 13.5. The fraction of sp³-hybridized carbons (Fsp3) is 0.167. The Hall–Kier alpha value is -2.90. The molecule has 0 atom stereocenters. The van der Waals surface area contributed by atoms with Crippen molar-refractivity contribution in [3.8, 4) is 22.9 Å². The summed E-state index contributed by atoms with van der Waals surface area (Å²) in [6.45, 7) is 0. The zero-order valence-electron chi connectivity index (χ0n) is 10.8. The summed E-state index contributed by atoms with van der Waals surface area (Å²) in [4.78, 5) is 28.5. The second-order valence-electron chi connectivity index (χ2n) is 3.81. The topological polar surface area (TPSA) is 120 Å². The van der Waals surface area contributed by atoms with Crippen LogP contribution in [0.4, 0.5) is 11.5 Å². The first-order chi connectivity index (χ1) is 9.60. The lowest BCUT2D eigenvalue weighted by Gasteiger charge is -2.10. The van der Waals surface area contributed by atoms with Gasteiger partial charge in [0.2, 0.25) is 5.69 Å². The summed E-state index contributed by atoms with van der Waals surface area (Å²) in [5.41, 5.74) is 4.88. The summed E-state index contributed by atoms with van der Waals surface area (Å²) in [6, 6.07) is 4.97. The highest BCUT2D eigenvalue weighted by Crippen LogP contribution is 2.31. The molecule has 0 amide bonds. The van der Waals surface area contributed by atoms with Gasteiger partial charge in [-0.25, -0.2) is 4.98 Å². The van der Waals surface area contributed by atoms with Crippen LogP contribution in [0.3, 0.4) is 0 Å². The molecule has 20 heavy (non-hydrogen) atoms. The molecule has 104 valence electrons. The van der Waals surface area contributed by atoms with Gasteiger partial charge in [-0.05, 0) is 17.3 Å². The predicted molar refractivity (Wildman–Crippen MR) is 73.3 cm³/mol. The van der Waals surface area contributed by atoms with E-state index in [9.17, 15) is 9.70 Å². The van der Waals surface area contributed by atoms with Crippen LogP contribution in [0.15, 0.2) is 28.2 Å². The number of aromatic amines is 1. The maximum atomic E-state index is 11.7. The molecule has 0 bridgehead atoms. The van der Waals surface area contributed by atoms with E-state index in [4.69, 9.17) is 15.2 Å². The molecule has 2 rings (SSSR count). The molecule has 0 aliphatic carbocycles. The Balaban J connectivity index is 2.62. The third-order valence-electron chi connectivity index (χ3n) is 2.68. The number of benzene rings is 1. The number of hydrogen-bond donors (Lipinski definition) is 2. The molecule has 0 unspecified atom stereocenters. The third kappa shape index (κ3) is 2.30. The smallest absolute Gasteiger partial charge is 0.282 e. The van der Waals surface area contributed by atoms with Gasteiger partial charge in [0.1, 0.15) is 17.3 Å². The van der Waals surface area contributed by atoms with Gasteiger partial charge in [0.15, 0.2) is 5.82 Å². The van der Waals surface area contributed by atoms with Crippen molar-refractivity contribution in [1.82, 2.24) is 9.97 Å². The predicted octanol–water partition coefficient (Wildman–Crippen LogP) is 1.43. The van der Waals surface area contributed by atoms with Gasteiger partial charge < -0.3 is 20.2 Å². The number of ether oxygens (including phenoxy) is 2. The van der Waals surface area contributed by atoms with Gasteiger partial charge in [0, 0.05) is 6.07 Å². The van der Waals surface area contributed by atoms with Crippen molar-refractivity contribution in [2.45, 2.75) is 0 Å². The molecule has 0 saturated heterocycles. The van der Waals surface area contributed by atoms with Crippen LogP contribution < -0.4 is 20.8 Å². The van der Waals surface area contributed by atoms with Crippen LogP contribution in [0.25, 0.3) is 11.4 Å². The average molecular weight is 276 g/mol. The minimum Gasteiger partial charge on any atom is -0.497 e. The van der Waals surface area contributed by atoms with E-state index < -0.39 is 11.2 Å². The monoisotopic (exact) mass is 276 g/mol. The van der Waals surface area contributed by atoms with Crippen molar-refractivity contribution in [3.63, 3.8) is 0 Å². The number of rotatable bonds is 4. The number of nitrogen functional groups attached to an aromatic ring is 1. The highest BCUT2D eigenvalue weighted by molar-refractivity contribution is 5.69. The minimum absolute atomic E-state index is 0.180. The molecule has 0 saturated carbocycles. The number of nitrogens with one attached hydrogen (secondary N) is 1. The van der Waals surface area contributed by atoms with Crippen LogP contribution in [0.2, 0.25) is 0 Å². The van der Waals surface area contributed by atoms with Crippen LogP contribution in [-0.2, 0) is 0 Å². The van der Waals surface area contributed by atoms with E-state index in [0.717, 1.165) is 0 Å². The van der Waals surface area contributed by atoms with Crippen LogP contribution in [-0.4, -0.2) is 24.2 Å². The van der Waals surface area contributed by atoms with Gasteiger partial charge in [-0.3, -0.25) is 4.79 Å². The lowest BCUT2D eigenvalue weighted by Crippen LogP contribution is -2.12. The van der Waals surface area contributed by atoms with Crippen molar-refractivity contribution in [1.29, 1.82) is 0 Å². The lowest BCUT2D eigenvalue weighted by molar-refractivity contribution is 0.395. The number of H-pyrrole nitrogens is 1. The Bertz CT molecular complexity index is 711. The van der Waals surface area contributed by atoms with Crippen molar-refractivity contribution in [2.24, 2.45) is 5.18 Å². The number of methoxy groups -OCH3 is 2. The molecular weight excluding hydrogens is 264 g/mol. The van der Waals surface area contributed by atoms with E-state index in [-0.39, 0.29) is 11.6 Å². The van der Waals surface area contributed by atoms with E-state index in [1.54, 1.807) is 18.2 Å². The Morgan fingerprint density at radius 2 is 2.05 bits per heavy atom. The summed E-state index contributed by atoms with van der Waals surface area (Å²) in [7, 11) is 3.00. The number of hydrogen-bond acceptors (Lipinski definition) is 7. The van der Waals surface area contributed by atoms with Gasteiger partial charge in [-0.1, -0.05) is 0 Å². The molecule has 8 heteroatoms. The number of nitrogens with zero attached hydrogens (tertiary/aromatic N) is 2. The molecule has 1 aromatic heterocycles. The number of nitrogens with two attached hydrogens (primary N) is 1. The number of aromatic nitrogens is 2. The third-order valence-corrected chi connectivity index (χ3v) is 2.68. The average Bonchev–Trinajstić information content (AvgIpc) is 2.46. The fourth-order valence-electron chi connectivity index (χ4n) is 1.69. The number of anilines is 1. The number of nitroso groups, excluding NO2 is 1. The Labute approximate surface area is 113 Å². The van der Waals surface area contributed by atoms with Crippen molar-refractivity contribution >= 4 is 11.5 Å². The van der Waals surface area contributed by atoms with Gasteiger partial charge >= 0.3 is 0 Å². The quantitative estimate of drug-likeness (QED) is 0.815. The first-order valence-electron chi connectivity index (χ1n) is 5.56. The molecule has 0 spiro atoms. The maximum absolute atomic E-state index is 11.7. The highest BCUT2D eigenvalue weighted by Gasteiger charge is 2.14. The van der Waals surface area contributed by atoms with Crippen molar-refractivity contribution in [3.05, 3.63) is 33.5 Å². The van der Waals surface area contributed by atoms with Gasteiger partial charge in [0.25, 0.3) is 5.56 Å². The largest absolute Gasteiger partial charge is 0.497 e. The van der Waals surface area contributed by atoms with E-state index in [0.29, 0.717) is 17.1 Å². The normalized spacial score (nSPS) is 10.1. The molecule has 0 aliphatic rings.